The molecule has 0 aliphatic carbocycles. The third-order valence-electron chi connectivity index (χ3n) is 4.42. The molecule has 0 unspecified atom stereocenters. The minimum absolute atomic E-state index is 0.775. The third kappa shape index (κ3) is 2.65. The fraction of sp³-hybridized carbons (Fsp3) is 0.0909. The van der Waals surface area contributed by atoms with E-state index in [4.69, 9.17) is 9.47 Å². The maximum atomic E-state index is 5.54. The van der Waals surface area contributed by atoms with Gasteiger partial charge in [-0.15, -0.1) is 0 Å². The summed E-state index contributed by atoms with van der Waals surface area (Å²) >= 11 is 0. The number of aromatic nitrogens is 2. The van der Waals surface area contributed by atoms with E-state index in [0.29, 0.717) is 0 Å². The van der Waals surface area contributed by atoms with E-state index in [1.54, 1.807) is 14.2 Å². The summed E-state index contributed by atoms with van der Waals surface area (Å²) in [4.78, 5) is 9.21. The zero-order chi connectivity index (χ0) is 17.9. The van der Waals surface area contributed by atoms with Crippen LogP contribution in [0.15, 0.2) is 73.1 Å². The standard InChI is InChI=1S/C22H18N2O2/c1-25-19-9-5-3-7-16(19)15-11-13-23-21-17(15)12-14-24-22(21)18-8-4-6-10-20(18)26-2/h3-14H,1-2H3. The van der Waals surface area contributed by atoms with Crippen molar-refractivity contribution in [2.45, 2.75) is 0 Å². The molecular formula is C22H18N2O2. The molecule has 4 heteroatoms. The van der Waals surface area contributed by atoms with Crippen molar-refractivity contribution in [2.75, 3.05) is 14.2 Å². The Labute approximate surface area is 152 Å². The van der Waals surface area contributed by atoms with Crippen LogP contribution < -0.4 is 9.47 Å². The first-order chi connectivity index (χ1) is 12.8. The minimum Gasteiger partial charge on any atom is -0.496 e. The predicted octanol–water partition coefficient (Wildman–Crippen LogP) is 4.98. The Morgan fingerprint density at radius 1 is 0.615 bits per heavy atom. The zero-order valence-electron chi connectivity index (χ0n) is 14.6. The van der Waals surface area contributed by atoms with Gasteiger partial charge in [-0.3, -0.25) is 9.97 Å². The van der Waals surface area contributed by atoms with Crippen LogP contribution in [0.2, 0.25) is 0 Å². The van der Waals surface area contributed by atoms with Crippen LogP contribution in [0.3, 0.4) is 0 Å². The van der Waals surface area contributed by atoms with Gasteiger partial charge in [0.2, 0.25) is 0 Å². The fourth-order valence-corrected chi connectivity index (χ4v) is 3.22. The normalized spacial score (nSPS) is 10.7. The Morgan fingerprint density at radius 2 is 1.23 bits per heavy atom. The molecule has 2 heterocycles. The van der Waals surface area contributed by atoms with E-state index in [1.807, 2.05) is 67.0 Å². The van der Waals surface area contributed by atoms with Crippen molar-refractivity contribution in [3.63, 3.8) is 0 Å². The second kappa shape index (κ2) is 6.84. The molecule has 0 saturated carbocycles. The number of fused-ring (bicyclic) bond motifs is 1. The van der Waals surface area contributed by atoms with Crippen molar-refractivity contribution in [2.24, 2.45) is 0 Å². The van der Waals surface area contributed by atoms with Crippen LogP contribution in [0.4, 0.5) is 0 Å². The van der Waals surface area contributed by atoms with Crippen LogP contribution in [0.25, 0.3) is 33.3 Å². The molecule has 26 heavy (non-hydrogen) atoms. The number of nitrogens with zero attached hydrogens (tertiary/aromatic N) is 2. The average molecular weight is 342 g/mol. The van der Waals surface area contributed by atoms with Crippen LogP contribution in [-0.4, -0.2) is 24.2 Å². The number of ether oxygens (including phenoxy) is 2. The number of benzene rings is 2. The van der Waals surface area contributed by atoms with Crippen molar-refractivity contribution in [1.82, 2.24) is 9.97 Å². The van der Waals surface area contributed by atoms with Crippen LogP contribution in [-0.2, 0) is 0 Å². The second-order valence-corrected chi connectivity index (χ2v) is 5.81. The molecule has 2 aromatic carbocycles. The first-order valence-electron chi connectivity index (χ1n) is 8.34. The number of rotatable bonds is 4. The summed E-state index contributed by atoms with van der Waals surface area (Å²) in [5.74, 6) is 1.60. The molecule has 128 valence electrons. The van der Waals surface area contributed by atoms with Gasteiger partial charge < -0.3 is 9.47 Å². The van der Waals surface area contributed by atoms with Crippen molar-refractivity contribution < 1.29 is 9.47 Å². The molecule has 0 aliphatic heterocycles. The van der Waals surface area contributed by atoms with E-state index in [-0.39, 0.29) is 0 Å². The fourth-order valence-electron chi connectivity index (χ4n) is 3.22. The number of hydrogen-bond acceptors (Lipinski definition) is 4. The summed E-state index contributed by atoms with van der Waals surface area (Å²) in [6.07, 6.45) is 3.62. The van der Waals surface area contributed by atoms with Gasteiger partial charge in [-0.05, 0) is 35.9 Å². The molecule has 0 amide bonds. The molecule has 0 atom stereocenters. The number of methoxy groups -OCH3 is 2. The molecule has 4 nitrogen and oxygen atoms in total. The van der Waals surface area contributed by atoms with Crippen LogP contribution in [0, 0.1) is 0 Å². The lowest BCUT2D eigenvalue weighted by Crippen LogP contribution is -1.94. The van der Waals surface area contributed by atoms with E-state index in [0.717, 1.165) is 44.8 Å². The zero-order valence-corrected chi connectivity index (χ0v) is 14.6. The number of hydrogen-bond donors (Lipinski definition) is 0. The topological polar surface area (TPSA) is 44.2 Å². The second-order valence-electron chi connectivity index (χ2n) is 5.81. The molecular weight excluding hydrogens is 324 g/mol. The maximum Gasteiger partial charge on any atom is 0.128 e. The molecule has 0 fully saturated rings. The first kappa shape index (κ1) is 16.1. The van der Waals surface area contributed by atoms with E-state index in [9.17, 15) is 0 Å². The lowest BCUT2D eigenvalue weighted by molar-refractivity contribution is 0.416. The predicted molar refractivity (Wildman–Crippen MR) is 104 cm³/mol. The lowest BCUT2D eigenvalue weighted by atomic mass is 9.99. The maximum absolute atomic E-state index is 5.54. The molecule has 0 N–H and O–H groups in total. The van der Waals surface area contributed by atoms with Crippen molar-refractivity contribution in [1.29, 1.82) is 0 Å². The summed E-state index contributed by atoms with van der Waals surface area (Å²) in [5.41, 5.74) is 4.65. The molecule has 2 aromatic heterocycles. The van der Waals surface area contributed by atoms with Gasteiger partial charge in [0.25, 0.3) is 0 Å². The van der Waals surface area contributed by atoms with Crippen molar-refractivity contribution in [3.8, 4) is 33.9 Å². The largest absolute Gasteiger partial charge is 0.496 e. The highest BCUT2D eigenvalue weighted by molar-refractivity contribution is 6.01. The number of pyridine rings is 2. The molecule has 4 aromatic rings. The van der Waals surface area contributed by atoms with Gasteiger partial charge >= 0.3 is 0 Å². The van der Waals surface area contributed by atoms with E-state index in [1.165, 1.54) is 0 Å². The summed E-state index contributed by atoms with van der Waals surface area (Å²) in [7, 11) is 3.35. The molecule has 0 aliphatic rings. The first-order valence-corrected chi connectivity index (χ1v) is 8.34. The quantitative estimate of drug-likeness (QED) is 0.524. The smallest absolute Gasteiger partial charge is 0.128 e. The summed E-state index contributed by atoms with van der Waals surface area (Å²) in [5, 5.41) is 1.02. The Hall–Kier alpha value is -3.40. The molecule has 4 rings (SSSR count). The average Bonchev–Trinajstić information content (AvgIpc) is 2.72. The number of para-hydroxylation sites is 2. The summed E-state index contributed by atoms with van der Waals surface area (Å²) in [6, 6.07) is 19.8. The Morgan fingerprint density at radius 3 is 1.96 bits per heavy atom. The summed E-state index contributed by atoms with van der Waals surface area (Å²) in [6.45, 7) is 0. The van der Waals surface area contributed by atoms with Crippen LogP contribution in [0.5, 0.6) is 11.5 Å². The van der Waals surface area contributed by atoms with Gasteiger partial charge in [-0.25, -0.2) is 0 Å². The lowest BCUT2D eigenvalue weighted by Gasteiger charge is -2.13. The Bertz CT molecular complexity index is 990. The van der Waals surface area contributed by atoms with E-state index >= 15 is 0 Å². The Kier molecular flexibility index (Phi) is 4.23. The SMILES string of the molecule is COc1ccccc1-c1ccnc2c(-c3ccccc3OC)nccc12. The minimum atomic E-state index is 0.775. The van der Waals surface area contributed by atoms with Gasteiger partial charge in [0.1, 0.15) is 17.2 Å². The van der Waals surface area contributed by atoms with Gasteiger partial charge in [0.05, 0.1) is 19.7 Å². The molecule has 0 saturated heterocycles. The van der Waals surface area contributed by atoms with Gasteiger partial charge in [0, 0.05) is 28.9 Å². The van der Waals surface area contributed by atoms with E-state index in [2.05, 4.69) is 16.0 Å². The molecule has 0 bridgehead atoms. The van der Waals surface area contributed by atoms with Gasteiger partial charge in [0.15, 0.2) is 0 Å². The highest BCUT2D eigenvalue weighted by Crippen LogP contribution is 2.38. The Balaban J connectivity index is 2.00. The van der Waals surface area contributed by atoms with E-state index < -0.39 is 0 Å². The third-order valence-corrected chi connectivity index (χ3v) is 4.42. The van der Waals surface area contributed by atoms with Crippen molar-refractivity contribution >= 4 is 10.9 Å². The highest BCUT2D eigenvalue weighted by Gasteiger charge is 2.15. The summed E-state index contributed by atoms with van der Waals surface area (Å²) < 4.78 is 11.1. The molecule has 0 radical (unpaired) electrons. The van der Waals surface area contributed by atoms with Crippen LogP contribution in [0.1, 0.15) is 0 Å². The van der Waals surface area contributed by atoms with Gasteiger partial charge in [-0.2, -0.15) is 0 Å². The van der Waals surface area contributed by atoms with Crippen LogP contribution >= 0.6 is 0 Å². The monoisotopic (exact) mass is 342 g/mol. The highest BCUT2D eigenvalue weighted by atomic mass is 16.5. The molecule has 0 spiro atoms. The van der Waals surface area contributed by atoms with Gasteiger partial charge in [-0.1, -0.05) is 30.3 Å². The van der Waals surface area contributed by atoms with Crippen molar-refractivity contribution in [3.05, 3.63) is 73.1 Å².